The van der Waals surface area contributed by atoms with Crippen LogP contribution in [-0.4, -0.2) is 5.78 Å². The van der Waals surface area contributed by atoms with Crippen molar-refractivity contribution in [3.63, 3.8) is 0 Å². The number of halogens is 1. The number of ketones is 1. The molecule has 0 aromatic heterocycles. The van der Waals surface area contributed by atoms with E-state index >= 15 is 0 Å². The minimum atomic E-state index is -0.313. The summed E-state index contributed by atoms with van der Waals surface area (Å²) in [6.07, 6.45) is 18.6. The van der Waals surface area contributed by atoms with Gasteiger partial charge in [-0.05, 0) is 88.4 Å². The summed E-state index contributed by atoms with van der Waals surface area (Å²) in [6, 6.07) is 18.8. The first kappa shape index (κ1) is 21.8. The molecule has 3 aromatic rings. The number of nitrogens with one attached hydrogen (secondary N) is 1. The third kappa shape index (κ3) is 4.55. The number of benzene rings is 3. The van der Waals surface area contributed by atoms with Crippen molar-refractivity contribution in [1.82, 2.24) is 5.32 Å². The number of hydrogen-bond acceptors (Lipinski definition) is 2. The molecule has 0 saturated carbocycles. The number of rotatable bonds is 2. The summed E-state index contributed by atoms with van der Waals surface area (Å²) in [5, 5.41) is 5.38. The summed E-state index contributed by atoms with van der Waals surface area (Å²) in [4.78, 5) is 12.9. The van der Waals surface area contributed by atoms with Crippen LogP contribution < -0.4 is 15.8 Å². The van der Waals surface area contributed by atoms with Gasteiger partial charge in [0.1, 0.15) is 5.82 Å². The van der Waals surface area contributed by atoms with E-state index in [1.54, 1.807) is 12.1 Å². The number of fused-ring (bicyclic) bond motifs is 5. The molecular formula is C31H26FNO. The van der Waals surface area contributed by atoms with E-state index < -0.39 is 0 Å². The second kappa shape index (κ2) is 9.88. The number of allylic oxidation sites excluding steroid dienone is 4. The van der Waals surface area contributed by atoms with Gasteiger partial charge >= 0.3 is 0 Å². The zero-order chi connectivity index (χ0) is 23.3. The van der Waals surface area contributed by atoms with Crippen LogP contribution in [0.2, 0.25) is 0 Å². The van der Waals surface area contributed by atoms with E-state index in [9.17, 15) is 9.18 Å². The van der Waals surface area contributed by atoms with Gasteiger partial charge in [0.05, 0.1) is 0 Å². The smallest absolute Gasteiger partial charge is 0.169 e. The van der Waals surface area contributed by atoms with E-state index in [0.717, 1.165) is 19.3 Å². The fourth-order valence-electron chi connectivity index (χ4n) is 4.76. The largest absolute Gasteiger partial charge is 0.368 e. The van der Waals surface area contributed by atoms with Crippen molar-refractivity contribution in [3.8, 4) is 11.1 Å². The van der Waals surface area contributed by atoms with Gasteiger partial charge in [-0.15, -0.1) is 0 Å². The van der Waals surface area contributed by atoms with Crippen LogP contribution >= 0.6 is 0 Å². The van der Waals surface area contributed by atoms with Gasteiger partial charge < -0.3 is 5.32 Å². The SMILES string of the molecule is C1=CC=CNC=C1.O=C(c1ccc(F)cc1)C1C=c2c(ccc3c2=CCc2ccccc2-3)CC1. The molecule has 0 spiro atoms. The van der Waals surface area contributed by atoms with Gasteiger partial charge in [0.15, 0.2) is 5.78 Å². The Labute approximate surface area is 199 Å². The maximum absolute atomic E-state index is 13.2. The number of carbonyl (C=O) groups is 1. The van der Waals surface area contributed by atoms with Crippen molar-refractivity contribution in [3.05, 3.63) is 130 Å². The van der Waals surface area contributed by atoms with Crippen LogP contribution in [0.25, 0.3) is 23.3 Å². The van der Waals surface area contributed by atoms with Crippen LogP contribution in [0.5, 0.6) is 0 Å². The first-order valence-electron chi connectivity index (χ1n) is 11.7. The normalized spacial score (nSPS) is 16.8. The second-order valence-corrected chi connectivity index (χ2v) is 8.62. The molecule has 3 aromatic carbocycles. The van der Waals surface area contributed by atoms with Crippen molar-refractivity contribution in [1.29, 1.82) is 0 Å². The minimum Gasteiger partial charge on any atom is -0.368 e. The molecular weight excluding hydrogens is 421 g/mol. The monoisotopic (exact) mass is 447 g/mol. The lowest BCUT2D eigenvalue weighted by atomic mass is 9.82. The van der Waals surface area contributed by atoms with Crippen LogP contribution in [0.1, 0.15) is 27.9 Å². The van der Waals surface area contributed by atoms with Crippen molar-refractivity contribution in [2.45, 2.75) is 19.3 Å². The average Bonchev–Trinajstić information content (AvgIpc) is 3.22. The van der Waals surface area contributed by atoms with E-state index in [4.69, 9.17) is 0 Å². The molecule has 168 valence electrons. The third-order valence-electron chi connectivity index (χ3n) is 6.49. The fraction of sp³-hybridized carbons (Fsp3) is 0.129. The zero-order valence-corrected chi connectivity index (χ0v) is 18.9. The Hall–Kier alpha value is -3.98. The molecule has 3 aliphatic rings. The molecule has 6 rings (SSSR count). The Kier molecular flexibility index (Phi) is 6.35. The standard InChI is InChI=1S/C25H19FO.C6H7N/c26-20-11-7-18(8-12-20)25(27)19-6-5-17-10-13-22-21-4-2-1-3-16(21)9-14-23(22)24(17)15-19;1-2-4-6-7-5-3-1/h1-4,7-8,10-15,19H,5-6,9H2;1-7H. The molecule has 2 nitrogen and oxygen atoms in total. The molecule has 1 aliphatic heterocycles. The van der Waals surface area contributed by atoms with Gasteiger partial charge in [-0.25, -0.2) is 4.39 Å². The highest BCUT2D eigenvalue weighted by atomic mass is 19.1. The lowest BCUT2D eigenvalue weighted by Gasteiger charge is -2.21. The molecule has 0 bridgehead atoms. The van der Waals surface area contributed by atoms with Crippen molar-refractivity contribution in [2.24, 2.45) is 5.92 Å². The first-order chi connectivity index (χ1) is 16.7. The Balaban J connectivity index is 0.000000297. The number of Topliss-reactive ketones (excluding diaryl/α,β-unsaturated/α-hetero) is 1. The Morgan fingerprint density at radius 3 is 2.35 bits per heavy atom. The average molecular weight is 448 g/mol. The van der Waals surface area contributed by atoms with Crippen molar-refractivity contribution < 1.29 is 9.18 Å². The molecule has 1 atom stereocenters. The predicted molar refractivity (Wildman–Crippen MR) is 137 cm³/mol. The lowest BCUT2D eigenvalue weighted by Crippen LogP contribution is -2.37. The summed E-state index contributed by atoms with van der Waals surface area (Å²) in [6.45, 7) is 0. The molecule has 1 N–H and O–H groups in total. The van der Waals surface area contributed by atoms with Crippen LogP contribution in [0.15, 0.2) is 97.4 Å². The Morgan fingerprint density at radius 2 is 1.56 bits per heavy atom. The molecule has 0 amide bonds. The maximum Gasteiger partial charge on any atom is 0.169 e. The van der Waals surface area contributed by atoms with Gasteiger partial charge in [-0.2, -0.15) is 0 Å². The topological polar surface area (TPSA) is 29.1 Å². The fourth-order valence-corrected chi connectivity index (χ4v) is 4.76. The quantitative estimate of drug-likeness (QED) is 0.545. The maximum atomic E-state index is 13.2. The van der Waals surface area contributed by atoms with Gasteiger partial charge in [0.25, 0.3) is 0 Å². The van der Waals surface area contributed by atoms with Crippen LogP contribution in [0.3, 0.4) is 0 Å². The highest BCUT2D eigenvalue weighted by Gasteiger charge is 2.23. The number of aryl methyl sites for hydroxylation is 1. The van der Waals surface area contributed by atoms with Gasteiger partial charge in [-0.1, -0.05) is 60.7 Å². The number of carbonyl (C=O) groups excluding carboxylic acids is 1. The van der Waals surface area contributed by atoms with Gasteiger partial charge in [0.2, 0.25) is 0 Å². The number of hydrogen-bond donors (Lipinski definition) is 1. The second-order valence-electron chi connectivity index (χ2n) is 8.62. The minimum absolute atomic E-state index is 0.0782. The molecule has 1 unspecified atom stereocenters. The first-order valence-corrected chi connectivity index (χ1v) is 11.7. The molecule has 0 radical (unpaired) electrons. The van der Waals surface area contributed by atoms with Crippen molar-refractivity contribution in [2.75, 3.05) is 0 Å². The molecule has 1 heterocycles. The van der Waals surface area contributed by atoms with Gasteiger partial charge in [0, 0.05) is 23.9 Å². The molecule has 3 heteroatoms. The summed E-state index contributed by atoms with van der Waals surface area (Å²) < 4.78 is 13.2. The van der Waals surface area contributed by atoms with Crippen LogP contribution in [0.4, 0.5) is 4.39 Å². The molecule has 2 aliphatic carbocycles. The van der Waals surface area contributed by atoms with E-state index in [-0.39, 0.29) is 17.5 Å². The highest BCUT2D eigenvalue weighted by molar-refractivity contribution is 6.01. The van der Waals surface area contributed by atoms with Gasteiger partial charge in [-0.3, -0.25) is 4.79 Å². The Bertz CT molecular complexity index is 1410. The molecule has 0 saturated heterocycles. The van der Waals surface area contributed by atoms with E-state index in [1.165, 1.54) is 44.8 Å². The van der Waals surface area contributed by atoms with E-state index in [0.29, 0.717) is 5.56 Å². The van der Waals surface area contributed by atoms with Crippen LogP contribution in [0, 0.1) is 11.7 Å². The lowest BCUT2D eigenvalue weighted by molar-refractivity contribution is 0.0946. The zero-order valence-electron chi connectivity index (χ0n) is 18.9. The summed E-state index contributed by atoms with van der Waals surface area (Å²) in [5.74, 6) is -0.388. The third-order valence-corrected chi connectivity index (χ3v) is 6.49. The predicted octanol–water partition coefficient (Wildman–Crippen LogP) is 5.23. The highest BCUT2D eigenvalue weighted by Crippen LogP contribution is 2.26. The summed E-state index contributed by atoms with van der Waals surface area (Å²) in [7, 11) is 0. The van der Waals surface area contributed by atoms with Crippen LogP contribution in [-0.2, 0) is 12.8 Å². The summed E-state index contributed by atoms with van der Waals surface area (Å²) >= 11 is 0. The Morgan fingerprint density at radius 1 is 0.794 bits per heavy atom. The molecule has 34 heavy (non-hydrogen) atoms. The van der Waals surface area contributed by atoms with E-state index in [1.807, 2.05) is 36.7 Å². The summed E-state index contributed by atoms with van der Waals surface area (Å²) in [5.41, 5.74) is 5.78. The van der Waals surface area contributed by atoms with Crippen molar-refractivity contribution >= 4 is 17.9 Å². The molecule has 0 fully saturated rings. The van der Waals surface area contributed by atoms with E-state index in [2.05, 4.69) is 53.9 Å².